The number of nitrogens with one attached hydrogen (secondary N) is 2. The highest BCUT2D eigenvalue weighted by Gasteiger charge is 2.17. The van der Waals surface area contributed by atoms with E-state index in [1.807, 2.05) is 6.07 Å². The molecule has 3 aromatic rings. The van der Waals surface area contributed by atoms with Crippen LogP contribution in [0.4, 0.5) is 0 Å². The molecule has 2 nitrogen and oxygen atoms in total. The molecule has 1 aromatic heterocycles. The molecule has 1 aliphatic rings. The van der Waals surface area contributed by atoms with E-state index in [9.17, 15) is 0 Å². The van der Waals surface area contributed by atoms with Crippen molar-refractivity contribution in [1.82, 2.24) is 10.9 Å². The van der Waals surface area contributed by atoms with Gasteiger partial charge in [-0.05, 0) is 34.2 Å². The van der Waals surface area contributed by atoms with E-state index in [2.05, 4.69) is 83.0 Å². The second kappa shape index (κ2) is 5.79. The van der Waals surface area contributed by atoms with Crippen molar-refractivity contribution in [2.45, 2.75) is 6.04 Å². The first kappa shape index (κ1) is 13.3. The number of thiophene rings is 1. The summed E-state index contributed by atoms with van der Waals surface area (Å²) >= 11 is 1.77. The Morgan fingerprint density at radius 3 is 2.18 bits per heavy atom. The zero-order valence-electron chi connectivity index (χ0n) is 12.0. The van der Waals surface area contributed by atoms with Crippen molar-refractivity contribution in [2.24, 2.45) is 0 Å². The van der Waals surface area contributed by atoms with Crippen molar-refractivity contribution in [3.05, 3.63) is 88.6 Å². The van der Waals surface area contributed by atoms with Gasteiger partial charge in [-0.2, -0.15) is 0 Å². The molecule has 0 bridgehead atoms. The molecule has 0 fully saturated rings. The third-order valence-electron chi connectivity index (χ3n) is 3.85. The highest BCUT2D eigenvalue weighted by Crippen LogP contribution is 2.28. The summed E-state index contributed by atoms with van der Waals surface area (Å²) in [6.45, 7) is 0. The molecule has 0 radical (unpaired) electrons. The van der Waals surface area contributed by atoms with Gasteiger partial charge in [0.25, 0.3) is 0 Å². The molecular formula is C19H16N2S. The average Bonchev–Trinajstić information content (AvgIpc) is 3.27. The second-order valence-electron chi connectivity index (χ2n) is 5.29. The van der Waals surface area contributed by atoms with E-state index >= 15 is 0 Å². The normalized spacial score (nSPS) is 17.1. The Hall–Kier alpha value is -2.36. The van der Waals surface area contributed by atoms with Crippen LogP contribution >= 0.6 is 11.3 Å². The van der Waals surface area contributed by atoms with Gasteiger partial charge >= 0.3 is 0 Å². The van der Waals surface area contributed by atoms with E-state index in [0.717, 1.165) is 5.70 Å². The van der Waals surface area contributed by atoms with E-state index in [4.69, 9.17) is 0 Å². The van der Waals surface area contributed by atoms with Crippen LogP contribution in [0.5, 0.6) is 0 Å². The van der Waals surface area contributed by atoms with Crippen LogP contribution in [0, 0.1) is 0 Å². The molecule has 0 saturated carbocycles. The predicted octanol–water partition coefficient (Wildman–Crippen LogP) is 4.61. The van der Waals surface area contributed by atoms with Gasteiger partial charge in [0.05, 0.1) is 11.7 Å². The van der Waals surface area contributed by atoms with Crippen LogP contribution in [0.1, 0.15) is 16.5 Å². The maximum Gasteiger partial charge on any atom is 0.0806 e. The van der Waals surface area contributed by atoms with Crippen LogP contribution in [0.25, 0.3) is 16.8 Å². The molecule has 1 unspecified atom stereocenters. The standard InChI is InChI=1S/C19H16N2S/c1-2-5-14(6-3-1)15-8-10-16(11-9-15)17-13-18(21-20-17)19-7-4-12-22-19/h1-13,18,20-21H. The molecule has 1 atom stereocenters. The molecule has 22 heavy (non-hydrogen) atoms. The largest absolute Gasteiger partial charge is 0.320 e. The molecule has 0 amide bonds. The predicted molar refractivity (Wildman–Crippen MR) is 93.2 cm³/mol. The zero-order chi connectivity index (χ0) is 14.8. The Bertz CT molecular complexity index is 774. The topological polar surface area (TPSA) is 24.1 Å². The van der Waals surface area contributed by atoms with Gasteiger partial charge in [0.2, 0.25) is 0 Å². The Balaban J connectivity index is 1.58. The van der Waals surface area contributed by atoms with E-state index in [1.54, 1.807) is 11.3 Å². The van der Waals surface area contributed by atoms with Crippen molar-refractivity contribution >= 4 is 17.0 Å². The Labute approximate surface area is 134 Å². The van der Waals surface area contributed by atoms with Crippen molar-refractivity contribution in [2.75, 3.05) is 0 Å². The smallest absolute Gasteiger partial charge is 0.0806 e. The third-order valence-corrected chi connectivity index (χ3v) is 4.80. The number of rotatable bonds is 3. The molecule has 108 valence electrons. The fraction of sp³-hybridized carbons (Fsp3) is 0.0526. The van der Waals surface area contributed by atoms with E-state index < -0.39 is 0 Å². The van der Waals surface area contributed by atoms with Gasteiger partial charge in [0, 0.05) is 4.88 Å². The molecule has 2 aromatic carbocycles. The van der Waals surface area contributed by atoms with Crippen LogP contribution in [-0.4, -0.2) is 0 Å². The minimum absolute atomic E-state index is 0.254. The monoisotopic (exact) mass is 304 g/mol. The van der Waals surface area contributed by atoms with E-state index in [-0.39, 0.29) is 6.04 Å². The maximum atomic E-state index is 3.32. The fourth-order valence-corrected chi connectivity index (χ4v) is 3.41. The Morgan fingerprint density at radius 2 is 1.45 bits per heavy atom. The maximum absolute atomic E-state index is 3.32. The lowest BCUT2D eigenvalue weighted by molar-refractivity contribution is 0.623. The highest BCUT2D eigenvalue weighted by molar-refractivity contribution is 7.10. The molecule has 0 saturated heterocycles. The lowest BCUT2D eigenvalue weighted by Crippen LogP contribution is -2.25. The summed E-state index contributed by atoms with van der Waals surface area (Å²) in [4.78, 5) is 1.32. The first-order valence-corrected chi connectivity index (χ1v) is 8.21. The molecular weight excluding hydrogens is 288 g/mol. The Kier molecular flexibility index (Phi) is 3.51. The molecule has 0 aliphatic carbocycles. The average molecular weight is 304 g/mol. The van der Waals surface area contributed by atoms with E-state index in [1.165, 1.54) is 21.6 Å². The van der Waals surface area contributed by atoms with Crippen LogP contribution in [0.15, 0.2) is 78.2 Å². The van der Waals surface area contributed by atoms with Crippen molar-refractivity contribution < 1.29 is 0 Å². The van der Waals surface area contributed by atoms with Gasteiger partial charge in [0.15, 0.2) is 0 Å². The summed E-state index contributed by atoms with van der Waals surface area (Å²) in [5.41, 5.74) is 11.4. The van der Waals surface area contributed by atoms with Crippen LogP contribution in [-0.2, 0) is 0 Å². The molecule has 3 heteroatoms. The summed E-state index contributed by atoms with van der Waals surface area (Å²) in [7, 11) is 0. The van der Waals surface area contributed by atoms with Gasteiger partial charge in [-0.15, -0.1) is 11.3 Å². The molecule has 4 rings (SSSR count). The zero-order valence-corrected chi connectivity index (χ0v) is 12.8. The van der Waals surface area contributed by atoms with Crippen molar-refractivity contribution in [1.29, 1.82) is 0 Å². The number of hydrogen-bond donors (Lipinski definition) is 2. The summed E-state index contributed by atoms with van der Waals surface area (Å²) in [6.07, 6.45) is 2.24. The SMILES string of the molecule is C1=C(c2ccc(-c3ccccc3)cc2)NNC1c1cccs1. The van der Waals surface area contributed by atoms with Crippen LogP contribution < -0.4 is 10.9 Å². The van der Waals surface area contributed by atoms with Crippen LogP contribution in [0.2, 0.25) is 0 Å². The quantitative estimate of drug-likeness (QED) is 0.738. The van der Waals surface area contributed by atoms with Gasteiger partial charge in [-0.25, -0.2) is 5.43 Å². The fourth-order valence-electron chi connectivity index (χ4n) is 2.67. The summed E-state index contributed by atoms with van der Waals surface area (Å²) < 4.78 is 0. The van der Waals surface area contributed by atoms with Gasteiger partial charge < -0.3 is 5.43 Å². The molecule has 0 spiro atoms. The van der Waals surface area contributed by atoms with E-state index in [0.29, 0.717) is 0 Å². The van der Waals surface area contributed by atoms with Crippen molar-refractivity contribution in [3.63, 3.8) is 0 Å². The number of hydrazine groups is 1. The lowest BCUT2D eigenvalue weighted by Gasteiger charge is -2.07. The van der Waals surface area contributed by atoms with Crippen LogP contribution in [0.3, 0.4) is 0 Å². The first-order valence-electron chi connectivity index (χ1n) is 7.33. The second-order valence-corrected chi connectivity index (χ2v) is 6.27. The highest BCUT2D eigenvalue weighted by atomic mass is 32.1. The number of hydrogen-bond acceptors (Lipinski definition) is 3. The summed E-state index contributed by atoms with van der Waals surface area (Å²) in [5.74, 6) is 0. The minimum Gasteiger partial charge on any atom is -0.320 e. The summed E-state index contributed by atoms with van der Waals surface area (Å²) in [6, 6.07) is 23.6. The Morgan fingerprint density at radius 1 is 0.727 bits per heavy atom. The molecule has 2 heterocycles. The lowest BCUT2D eigenvalue weighted by atomic mass is 10.0. The first-order chi connectivity index (χ1) is 10.9. The van der Waals surface area contributed by atoms with Gasteiger partial charge in [-0.1, -0.05) is 60.7 Å². The van der Waals surface area contributed by atoms with Gasteiger partial charge in [-0.3, -0.25) is 0 Å². The molecule has 1 aliphatic heterocycles. The summed E-state index contributed by atoms with van der Waals surface area (Å²) in [5, 5.41) is 2.11. The third kappa shape index (κ3) is 2.56. The van der Waals surface area contributed by atoms with Crippen molar-refractivity contribution in [3.8, 4) is 11.1 Å². The number of benzene rings is 2. The van der Waals surface area contributed by atoms with Gasteiger partial charge in [0.1, 0.15) is 0 Å². The minimum atomic E-state index is 0.254. The molecule has 2 N–H and O–H groups in total.